The molecule has 156 valence electrons. The number of hydrogen-bond donors (Lipinski definition) is 0. The SMILES string of the molecule is COc1ccc(-c2onc(C(=O)c3ccc(C)cc3)c2S(=O)(=O)c2ccccc2)cc1. The number of ether oxygens (including phenoxy) is 1. The molecule has 31 heavy (non-hydrogen) atoms. The first-order valence-corrected chi connectivity index (χ1v) is 11.0. The summed E-state index contributed by atoms with van der Waals surface area (Å²) in [7, 11) is -2.56. The minimum absolute atomic E-state index is 0.00182. The monoisotopic (exact) mass is 433 g/mol. The van der Waals surface area contributed by atoms with Crippen LogP contribution in [0.1, 0.15) is 21.6 Å². The molecule has 4 rings (SSSR count). The summed E-state index contributed by atoms with van der Waals surface area (Å²) in [6.45, 7) is 1.90. The van der Waals surface area contributed by atoms with E-state index in [-0.39, 0.29) is 21.2 Å². The molecule has 0 N–H and O–H groups in total. The molecule has 4 aromatic rings. The number of aryl methyl sites for hydroxylation is 1. The topological polar surface area (TPSA) is 86.5 Å². The fraction of sp³-hybridized carbons (Fsp3) is 0.0833. The fourth-order valence-electron chi connectivity index (χ4n) is 3.16. The summed E-state index contributed by atoms with van der Waals surface area (Å²) in [5.74, 6) is 0.0756. The van der Waals surface area contributed by atoms with Crippen molar-refractivity contribution in [3.63, 3.8) is 0 Å². The predicted octanol–water partition coefficient (Wildman–Crippen LogP) is 4.72. The van der Waals surface area contributed by atoms with E-state index in [1.54, 1.807) is 66.7 Å². The van der Waals surface area contributed by atoms with Crippen molar-refractivity contribution in [2.45, 2.75) is 16.7 Å². The molecule has 1 aromatic heterocycles. The summed E-state index contributed by atoms with van der Waals surface area (Å²) in [6.07, 6.45) is 0. The number of methoxy groups -OCH3 is 1. The van der Waals surface area contributed by atoms with Gasteiger partial charge in [-0.1, -0.05) is 53.2 Å². The van der Waals surface area contributed by atoms with Crippen molar-refractivity contribution in [1.29, 1.82) is 0 Å². The second-order valence-electron chi connectivity index (χ2n) is 6.93. The summed E-state index contributed by atoms with van der Waals surface area (Å²) in [5.41, 5.74) is 1.52. The Morgan fingerprint density at radius 1 is 0.903 bits per heavy atom. The Kier molecular flexibility index (Phi) is 5.44. The molecule has 0 atom stereocenters. The molecule has 0 unspecified atom stereocenters. The van der Waals surface area contributed by atoms with Gasteiger partial charge in [-0.3, -0.25) is 4.79 Å². The number of hydrogen-bond acceptors (Lipinski definition) is 6. The number of sulfone groups is 1. The first-order valence-electron chi connectivity index (χ1n) is 9.47. The van der Waals surface area contributed by atoms with Gasteiger partial charge >= 0.3 is 0 Å². The lowest BCUT2D eigenvalue weighted by atomic mass is 10.1. The highest BCUT2D eigenvalue weighted by Crippen LogP contribution is 2.36. The molecule has 0 radical (unpaired) electrons. The quantitative estimate of drug-likeness (QED) is 0.409. The molecular formula is C24H19NO5S. The van der Waals surface area contributed by atoms with E-state index >= 15 is 0 Å². The molecule has 0 amide bonds. The summed E-state index contributed by atoms with van der Waals surface area (Å²) in [4.78, 5) is 13.0. The third kappa shape index (κ3) is 3.87. The predicted molar refractivity (Wildman–Crippen MR) is 115 cm³/mol. The average Bonchev–Trinajstić information content (AvgIpc) is 3.26. The Morgan fingerprint density at radius 2 is 1.55 bits per heavy atom. The molecule has 0 spiro atoms. The molecule has 7 heteroatoms. The second-order valence-corrected chi connectivity index (χ2v) is 8.82. The van der Waals surface area contributed by atoms with E-state index in [1.807, 2.05) is 6.92 Å². The minimum Gasteiger partial charge on any atom is -0.497 e. The van der Waals surface area contributed by atoms with Crippen LogP contribution in [0.15, 0.2) is 93.2 Å². The summed E-state index contributed by atoms with van der Waals surface area (Å²) in [5, 5.41) is 3.89. The van der Waals surface area contributed by atoms with E-state index in [4.69, 9.17) is 9.26 Å². The Balaban J connectivity index is 1.93. The third-order valence-corrected chi connectivity index (χ3v) is 6.66. The molecule has 0 aliphatic carbocycles. The number of carbonyl (C=O) groups is 1. The molecule has 0 saturated heterocycles. The number of aromatic nitrogens is 1. The third-order valence-electron chi connectivity index (χ3n) is 4.85. The van der Waals surface area contributed by atoms with Crippen molar-refractivity contribution in [3.05, 3.63) is 95.7 Å². The first-order chi connectivity index (χ1) is 14.9. The lowest BCUT2D eigenvalue weighted by molar-refractivity contribution is 0.102. The molecule has 0 aliphatic heterocycles. The van der Waals surface area contributed by atoms with Crippen LogP contribution < -0.4 is 4.74 Å². The summed E-state index contributed by atoms with van der Waals surface area (Å²) in [6, 6.07) is 21.4. The highest BCUT2D eigenvalue weighted by atomic mass is 32.2. The van der Waals surface area contributed by atoms with E-state index in [9.17, 15) is 13.2 Å². The van der Waals surface area contributed by atoms with Crippen LogP contribution in [0.5, 0.6) is 5.75 Å². The van der Waals surface area contributed by atoms with Crippen LogP contribution >= 0.6 is 0 Å². The van der Waals surface area contributed by atoms with Crippen molar-refractivity contribution in [2.75, 3.05) is 7.11 Å². The number of carbonyl (C=O) groups excluding carboxylic acids is 1. The maximum Gasteiger partial charge on any atom is 0.216 e. The standard InChI is InChI=1S/C24H19NO5S/c1-16-8-10-17(11-9-16)22(26)21-24(31(27,28)20-6-4-3-5-7-20)23(30-25-21)18-12-14-19(29-2)15-13-18/h3-15H,1-2H3. The van der Waals surface area contributed by atoms with Gasteiger partial charge in [0.1, 0.15) is 5.75 Å². The molecule has 0 fully saturated rings. The van der Waals surface area contributed by atoms with Gasteiger partial charge in [-0.15, -0.1) is 0 Å². The van der Waals surface area contributed by atoms with Crippen molar-refractivity contribution in [1.82, 2.24) is 5.16 Å². The van der Waals surface area contributed by atoms with Crippen LogP contribution in [-0.2, 0) is 9.84 Å². The maximum atomic E-state index is 13.5. The lowest BCUT2D eigenvalue weighted by Gasteiger charge is -2.07. The number of nitrogens with zero attached hydrogens (tertiary/aromatic N) is 1. The molecule has 6 nitrogen and oxygen atoms in total. The van der Waals surface area contributed by atoms with Crippen LogP contribution in [-0.4, -0.2) is 26.5 Å². The van der Waals surface area contributed by atoms with Crippen LogP contribution in [0, 0.1) is 6.92 Å². The number of ketones is 1. The molecule has 0 bridgehead atoms. The van der Waals surface area contributed by atoms with Gasteiger partial charge < -0.3 is 9.26 Å². The van der Waals surface area contributed by atoms with Gasteiger partial charge in [-0.25, -0.2) is 8.42 Å². The summed E-state index contributed by atoms with van der Waals surface area (Å²) < 4.78 is 37.7. The van der Waals surface area contributed by atoms with Crippen LogP contribution in [0.4, 0.5) is 0 Å². The lowest BCUT2D eigenvalue weighted by Crippen LogP contribution is -2.11. The van der Waals surface area contributed by atoms with Crippen molar-refractivity contribution < 1.29 is 22.5 Å². The van der Waals surface area contributed by atoms with E-state index in [0.717, 1.165) is 5.56 Å². The molecule has 0 aliphatic rings. The molecule has 1 heterocycles. The van der Waals surface area contributed by atoms with Gasteiger partial charge in [0.15, 0.2) is 16.3 Å². The number of rotatable bonds is 6. The normalized spacial score (nSPS) is 11.3. The largest absolute Gasteiger partial charge is 0.497 e. The molecule has 0 saturated carbocycles. The first kappa shape index (κ1) is 20.6. The van der Waals surface area contributed by atoms with E-state index in [0.29, 0.717) is 16.9 Å². The van der Waals surface area contributed by atoms with Gasteiger partial charge in [0, 0.05) is 11.1 Å². The van der Waals surface area contributed by atoms with E-state index in [2.05, 4.69) is 5.16 Å². The van der Waals surface area contributed by atoms with E-state index < -0.39 is 15.6 Å². The van der Waals surface area contributed by atoms with Crippen LogP contribution in [0.2, 0.25) is 0 Å². The second kappa shape index (κ2) is 8.20. The highest BCUT2D eigenvalue weighted by Gasteiger charge is 2.34. The van der Waals surface area contributed by atoms with Gasteiger partial charge in [-0.05, 0) is 43.3 Å². The van der Waals surface area contributed by atoms with E-state index in [1.165, 1.54) is 19.2 Å². The smallest absolute Gasteiger partial charge is 0.216 e. The zero-order valence-corrected chi connectivity index (χ0v) is 17.7. The highest BCUT2D eigenvalue weighted by molar-refractivity contribution is 7.91. The van der Waals surface area contributed by atoms with Crippen molar-refractivity contribution in [3.8, 4) is 17.1 Å². The Morgan fingerprint density at radius 3 is 2.16 bits per heavy atom. The van der Waals surface area contributed by atoms with Gasteiger partial charge in [0.25, 0.3) is 0 Å². The number of benzene rings is 3. The van der Waals surface area contributed by atoms with Gasteiger partial charge in [0.05, 0.1) is 12.0 Å². The minimum atomic E-state index is -4.09. The molecule has 3 aromatic carbocycles. The van der Waals surface area contributed by atoms with Gasteiger partial charge in [0.2, 0.25) is 15.6 Å². The van der Waals surface area contributed by atoms with Crippen molar-refractivity contribution in [2.24, 2.45) is 0 Å². The Hall–Kier alpha value is -3.71. The fourth-order valence-corrected chi connectivity index (χ4v) is 4.70. The zero-order valence-electron chi connectivity index (χ0n) is 16.9. The van der Waals surface area contributed by atoms with Crippen LogP contribution in [0.25, 0.3) is 11.3 Å². The average molecular weight is 433 g/mol. The Bertz CT molecular complexity index is 1320. The van der Waals surface area contributed by atoms with Crippen molar-refractivity contribution >= 4 is 15.6 Å². The summed E-state index contributed by atoms with van der Waals surface area (Å²) >= 11 is 0. The zero-order chi connectivity index (χ0) is 22.0. The Labute approximate surface area is 180 Å². The van der Waals surface area contributed by atoms with Gasteiger partial charge in [-0.2, -0.15) is 0 Å². The maximum absolute atomic E-state index is 13.5. The molecular weight excluding hydrogens is 414 g/mol. The van der Waals surface area contributed by atoms with Crippen LogP contribution in [0.3, 0.4) is 0 Å².